The third-order valence-corrected chi connectivity index (χ3v) is 6.70. The summed E-state index contributed by atoms with van der Waals surface area (Å²) < 4.78 is 27.1. The number of aromatic amines is 1. The molecule has 0 bridgehead atoms. The van der Waals surface area contributed by atoms with E-state index < -0.39 is 17.7 Å². The van der Waals surface area contributed by atoms with Crippen molar-refractivity contribution in [1.29, 1.82) is 0 Å². The Labute approximate surface area is 272 Å². The van der Waals surface area contributed by atoms with Gasteiger partial charge in [0.2, 0.25) is 11.8 Å². The summed E-state index contributed by atoms with van der Waals surface area (Å²) >= 11 is 0. The van der Waals surface area contributed by atoms with E-state index in [9.17, 15) is 14.4 Å². The van der Waals surface area contributed by atoms with E-state index >= 15 is 0 Å². The first-order chi connectivity index (χ1) is 22.2. The minimum Gasteiger partial charge on any atom is -0.444 e. The number of benzene rings is 1. The molecule has 13 nitrogen and oxygen atoms in total. The number of rotatable bonds is 25. The van der Waals surface area contributed by atoms with Crippen LogP contribution >= 0.6 is 0 Å². The molecule has 0 aliphatic carbocycles. The van der Waals surface area contributed by atoms with E-state index in [1.54, 1.807) is 0 Å². The van der Waals surface area contributed by atoms with Gasteiger partial charge in [-0.15, -0.1) is 0 Å². The highest BCUT2D eigenvalue weighted by Crippen LogP contribution is 2.19. The quantitative estimate of drug-likeness (QED) is 0.101. The maximum Gasteiger partial charge on any atom is 0.407 e. The van der Waals surface area contributed by atoms with E-state index in [1.807, 2.05) is 39.1 Å². The van der Waals surface area contributed by atoms with Gasteiger partial charge in [-0.25, -0.2) is 4.79 Å². The summed E-state index contributed by atoms with van der Waals surface area (Å²) in [6, 6.07) is 7.58. The number of para-hydroxylation sites is 1. The number of amides is 3. The molecule has 0 saturated heterocycles. The highest BCUT2D eigenvalue weighted by Gasteiger charge is 2.16. The van der Waals surface area contributed by atoms with Gasteiger partial charge in [-0.1, -0.05) is 18.2 Å². The Bertz CT molecular complexity index is 1140. The van der Waals surface area contributed by atoms with Gasteiger partial charge in [0, 0.05) is 43.2 Å². The molecule has 0 radical (unpaired) electrons. The van der Waals surface area contributed by atoms with Crippen LogP contribution in [-0.2, 0) is 39.7 Å². The average Bonchev–Trinajstić information content (AvgIpc) is 3.42. The fraction of sp³-hybridized carbons (Fsp3) is 0.667. The summed E-state index contributed by atoms with van der Waals surface area (Å²) in [5, 5.41) is 9.55. The molecule has 3 amide bonds. The molecule has 2 aromatic rings. The van der Waals surface area contributed by atoms with Gasteiger partial charge in [-0.3, -0.25) is 9.59 Å². The normalized spacial score (nSPS) is 12.2. The molecule has 0 fully saturated rings. The molecule has 0 unspecified atom stereocenters. The van der Waals surface area contributed by atoms with Crippen molar-refractivity contribution in [3.05, 3.63) is 36.0 Å². The van der Waals surface area contributed by atoms with E-state index in [2.05, 4.69) is 33.1 Å². The largest absolute Gasteiger partial charge is 0.444 e. The average molecular weight is 650 g/mol. The molecule has 0 aliphatic heterocycles. The molecule has 260 valence electrons. The lowest BCUT2D eigenvalue weighted by Gasteiger charge is -2.19. The highest BCUT2D eigenvalue weighted by atomic mass is 16.6. The monoisotopic (exact) mass is 649 g/mol. The maximum absolute atomic E-state index is 12.1. The number of hydrogen-bond donors (Lipinski definition) is 5. The zero-order valence-corrected chi connectivity index (χ0v) is 27.8. The van der Waals surface area contributed by atoms with Crippen LogP contribution in [0.4, 0.5) is 4.79 Å². The number of unbranched alkanes of at least 4 members (excludes halogenated alkanes) is 1. The van der Waals surface area contributed by atoms with Crippen molar-refractivity contribution in [2.24, 2.45) is 5.73 Å². The minimum absolute atomic E-state index is 0.0319. The summed E-state index contributed by atoms with van der Waals surface area (Å²) in [7, 11) is 0. The molecule has 0 aliphatic rings. The molecule has 1 aromatic carbocycles. The second-order valence-electron chi connectivity index (χ2n) is 11.8. The Morgan fingerprint density at radius 2 is 1.39 bits per heavy atom. The van der Waals surface area contributed by atoms with E-state index in [4.69, 9.17) is 29.4 Å². The number of nitrogens with one attached hydrogen (secondary N) is 4. The van der Waals surface area contributed by atoms with Crippen LogP contribution in [0.25, 0.3) is 10.9 Å². The first-order valence-electron chi connectivity index (χ1n) is 16.3. The van der Waals surface area contributed by atoms with Crippen molar-refractivity contribution in [2.75, 3.05) is 72.5 Å². The molecule has 1 atom stereocenters. The lowest BCUT2D eigenvalue weighted by Crippen LogP contribution is -2.42. The first-order valence-corrected chi connectivity index (χ1v) is 16.3. The molecular formula is C33H55N5O8. The van der Waals surface area contributed by atoms with Crippen LogP contribution in [0, 0.1) is 0 Å². The third-order valence-electron chi connectivity index (χ3n) is 6.70. The number of hydrogen-bond acceptors (Lipinski definition) is 9. The van der Waals surface area contributed by atoms with E-state index in [1.165, 1.54) is 10.9 Å². The standard InChI is InChI=1S/C33H55N5O8/c1-33(2,3)46-32(41)37-14-7-6-11-28(34)31(40)36-16-18-43-20-22-45-24-23-44-21-19-42-17-15-35-30(39)13-8-9-26-25-38-29-12-5-4-10-27(26)29/h4-5,10,12,25,28,38H,6-9,11,13-24,34H2,1-3H3,(H,35,39)(H,36,40)(H,37,41)/t28-/m1/s1. The predicted molar refractivity (Wildman–Crippen MR) is 177 cm³/mol. The Morgan fingerprint density at radius 1 is 0.783 bits per heavy atom. The van der Waals surface area contributed by atoms with Gasteiger partial charge >= 0.3 is 6.09 Å². The molecule has 0 saturated carbocycles. The summed E-state index contributed by atoms with van der Waals surface area (Å²) in [6.45, 7) is 10.1. The van der Waals surface area contributed by atoms with Crippen LogP contribution in [0.2, 0.25) is 0 Å². The summed E-state index contributed by atoms with van der Waals surface area (Å²) in [4.78, 5) is 39.0. The number of aryl methyl sites for hydroxylation is 1. The van der Waals surface area contributed by atoms with Crippen molar-refractivity contribution in [2.45, 2.75) is 70.9 Å². The van der Waals surface area contributed by atoms with Gasteiger partial charge in [0.1, 0.15) is 5.60 Å². The molecule has 1 aromatic heterocycles. The Balaban J connectivity index is 1.28. The summed E-state index contributed by atoms with van der Waals surface area (Å²) in [5.74, 6) is -0.191. The van der Waals surface area contributed by atoms with Gasteiger partial charge in [0.25, 0.3) is 0 Å². The number of carbonyl (C=O) groups excluding carboxylic acids is 3. The smallest absolute Gasteiger partial charge is 0.407 e. The number of H-pyrrole nitrogens is 1. The first kappa shape index (κ1) is 39.0. The van der Waals surface area contributed by atoms with Crippen LogP contribution in [0.3, 0.4) is 0 Å². The number of carbonyl (C=O) groups is 3. The van der Waals surface area contributed by atoms with Crippen LogP contribution in [0.15, 0.2) is 30.5 Å². The van der Waals surface area contributed by atoms with Crippen LogP contribution in [0.1, 0.15) is 58.4 Å². The summed E-state index contributed by atoms with van der Waals surface area (Å²) in [6.07, 6.45) is 5.66. The second-order valence-corrected chi connectivity index (χ2v) is 11.8. The lowest BCUT2D eigenvalue weighted by atomic mass is 10.1. The van der Waals surface area contributed by atoms with Gasteiger partial charge in [0.05, 0.1) is 58.9 Å². The van der Waals surface area contributed by atoms with Crippen molar-refractivity contribution in [1.82, 2.24) is 20.9 Å². The van der Waals surface area contributed by atoms with Crippen LogP contribution in [0.5, 0.6) is 0 Å². The fourth-order valence-electron chi connectivity index (χ4n) is 4.39. The highest BCUT2D eigenvalue weighted by molar-refractivity contribution is 5.83. The maximum atomic E-state index is 12.1. The second kappa shape index (κ2) is 23.1. The summed E-state index contributed by atoms with van der Waals surface area (Å²) in [5.41, 5.74) is 7.76. The van der Waals surface area contributed by atoms with Gasteiger partial charge in [-0.05, 0) is 64.5 Å². The molecule has 13 heteroatoms. The SMILES string of the molecule is CC(C)(C)OC(=O)NCCCC[C@@H](N)C(=O)NCCOCCOCCOCCOCCNC(=O)CCCc1c[nH]c2ccccc12. The number of nitrogens with two attached hydrogens (primary N) is 1. The topological polar surface area (TPSA) is 175 Å². The van der Waals surface area contributed by atoms with Gasteiger partial charge in [-0.2, -0.15) is 0 Å². The molecule has 1 heterocycles. The van der Waals surface area contributed by atoms with Crippen LogP contribution < -0.4 is 21.7 Å². The number of alkyl carbamates (subject to hydrolysis) is 1. The molecule has 2 rings (SSSR count). The lowest BCUT2D eigenvalue weighted by molar-refractivity contribution is -0.123. The Morgan fingerprint density at radius 3 is 2.04 bits per heavy atom. The van der Waals surface area contributed by atoms with Crippen molar-refractivity contribution < 1.29 is 38.1 Å². The van der Waals surface area contributed by atoms with Crippen molar-refractivity contribution >= 4 is 28.8 Å². The molecular weight excluding hydrogens is 594 g/mol. The third kappa shape index (κ3) is 18.7. The van der Waals surface area contributed by atoms with Crippen molar-refractivity contribution in [3.8, 4) is 0 Å². The Hall–Kier alpha value is -3.23. The van der Waals surface area contributed by atoms with E-state index in [0.717, 1.165) is 18.4 Å². The number of aromatic nitrogens is 1. The van der Waals surface area contributed by atoms with Crippen molar-refractivity contribution in [3.63, 3.8) is 0 Å². The van der Waals surface area contributed by atoms with Gasteiger partial charge in [0.15, 0.2) is 0 Å². The predicted octanol–water partition coefficient (Wildman–Crippen LogP) is 2.81. The van der Waals surface area contributed by atoms with Gasteiger partial charge < -0.3 is 50.4 Å². The molecule has 46 heavy (non-hydrogen) atoms. The van der Waals surface area contributed by atoms with E-state index in [-0.39, 0.29) is 11.8 Å². The van der Waals surface area contributed by atoms with Crippen LogP contribution in [-0.4, -0.2) is 107 Å². The zero-order valence-electron chi connectivity index (χ0n) is 27.8. The number of fused-ring (bicyclic) bond motifs is 1. The molecule has 0 spiro atoms. The zero-order chi connectivity index (χ0) is 33.5. The fourth-order valence-corrected chi connectivity index (χ4v) is 4.39. The molecule has 6 N–H and O–H groups in total. The van der Waals surface area contributed by atoms with E-state index in [0.29, 0.717) is 98.2 Å². The Kier molecular flexibility index (Phi) is 19.6. The number of ether oxygens (including phenoxy) is 5. The minimum atomic E-state index is -0.603.